The Morgan fingerprint density at radius 2 is 1.91 bits per heavy atom. The van der Waals surface area contributed by atoms with E-state index in [9.17, 15) is 0 Å². The van der Waals surface area contributed by atoms with Crippen molar-refractivity contribution in [3.63, 3.8) is 0 Å². The summed E-state index contributed by atoms with van der Waals surface area (Å²) in [6, 6.07) is 4.23. The predicted molar refractivity (Wildman–Crippen MR) is 87.6 cm³/mol. The van der Waals surface area contributed by atoms with Gasteiger partial charge >= 0.3 is 0 Å². The summed E-state index contributed by atoms with van der Waals surface area (Å²) in [6.45, 7) is 0.553. The van der Waals surface area contributed by atoms with Gasteiger partial charge in [0.25, 0.3) is 0 Å². The van der Waals surface area contributed by atoms with Gasteiger partial charge in [0.15, 0.2) is 11.6 Å². The zero-order valence-electron chi connectivity index (χ0n) is 12.7. The number of aromatic nitrogens is 2. The molecule has 118 valence electrons. The molecule has 0 saturated heterocycles. The van der Waals surface area contributed by atoms with Crippen LogP contribution < -0.4 is 16.4 Å². The van der Waals surface area contributed by atoms with Crippen molar-refractivity contribution in [2.24, 2.45) is 0 Å². The van der Waals surface area contributed by atoms with Gasteiger partial charge in [-0.3, -0.25) is 0 Å². The van der Waals surface area contributed by atoms with E-state index in [4.69, 9.17) is 10.2 Å². The van der Waals surface area contributed by atoms with Crippen molar-refractivity contribution >= 4 is 17.3 Å². The molecule has 1 aliphatic rings. The maximum Gasteiger partial charge on any atom is 0.155 e. The number of hydrogen-bond acceptors (Lipinski definition) is 6. The third-order valence-corrected chi connectivity index (χ3v) is 4.09. The second-order valence-electron chi connectivity index (χ2n) is 5.75. The molecule has 1 saturated carbocycles. The van der Waals surface area contributed by atoms with Gasteiger partial charge in [0.1, 0.15) is 17.8 Å². The molecular formula is C16H23N5O. The SMILES string of the molecule is Nc1c(NCc2ccco2)ncnc1NC1CCCCCC1. The zero-order valence-corrected chi connectivity index (χ0v) is 12.7. The normalized spacial score (nSPS) is 16.2. The molecule has 6 heteroatoms. The van der Waals surface area contributed by atoms with Gasteiger partial charge < -0.3 is 20.8 Å². The first-order valence-corrected chi connectivity index (χ1v) is 7.96. The Hall–Kier alpha value is -2.24. The van der Waals surface area contributed by atoms with Gasteiger partial charge in [-0.2, -0.15) is 0 Å². The van der Waals surface area contributed by atoms with Crippen LogP contribution in [0, 0.1) is 0 Å². The Labute approximate surface area is 130 Å². The molecule has 22 heavy (non-hydrogen) atoms. The van der Waals surface area contributed by atoms with Crippen LogP contribution in [-0.2, 0) is 6.54 Å². The average molecular weight is 301 g/mol. The number of nitrogens with one attached hydrogen (secondary N) is 2. The molecule has 3 rings (SSSR count). The number of furan rings is 1. The summed E-state index contributed by atoms with van der Waals surface area (Å²) in [5, 5.41) is 6.68. The standard InChI is InChI=1S/C16H23N5O/c17-14-15(18-10-13-8-5-9-22-13)19-11-20-16(14)21-12-6-3-1-2-4-7-12/h5,8-9,11-12H,1-4,6-7,10,17H2,(H2,18,19,20,21). The number of anilines is 3. The summed E-state index contributed by atoms with van der Waals surface area (Å²) in [5.74, 6) is 2.21. The van der Waals surface area contributed by atoms with Crippen LogP contribution in [0.15, 0.2) is 29.1 Å². The summed E-state index contributed by atoms with van der Waals surface area (Å²) >= 11 is 0. The summed E-state index contributed by atoms with van der Waals surface area (Å²) in [4.78, 5) is 8.52. The van der Waals surface area contributed by atoms with E-state index < -0.39 is 0 Å². The number of nitrogens with two attached hydrogens (primary N) is 1. The molecule has 4 N–H and O–H groups in total. The zero-order chi connectivity index (χ0) is 15.2. The average Bonchev–Trinajstić information content (AvgIpc) is 2.92. The van der Waals surface area contributed by atoms with Crippen LogP contribution >= 0.6 is 0 Å². The molecule has 0 aromatic carbocycles. The highest BCUT2D eigenvalue weighted by molar-refractivity contribution is 5.74. The lowest BCUT2D eigenvalue weighted by Crippen LogP contribution is -2.20. The summed E-state index contributed by atoms with van der Waals surface area (Å²) in [5.41, 5.74) is 6.77. The third kappa shape index (κ3) is 3.69. The Morgan fingerprint density at radius 3 is 2.64 bits per heavy atom. The highest BCUT2D eigenvalue weighted by atomic mass is 16.3. The van der Waals surface area contributed by atoms with E-state index in [-0.39, 0.29) is 0 Å². The van der Waals surface area contributed by atoms with Crippen LogP contribution in [0.1, 0.15) is 44.3 Å². The van der Waals surface area contributed by atoms with E-state index in [0.717, 1.165) is 11.6 Å². The Bertz CT molecular complexity index is 576. The Kier molecular flexibility index (Phi) is 4.78. The summed E-state index contributed by atoms with van der Waals surface area (Å²) in [7, 11) is 0. The molecule has 0 unspecified atom stereocenters. The fraction of sp³-hybridized carbons (Fsp3) is 0.500. The molecule has 0 aliphatic heterocycles. The molecule has 0 atom stereocenters. The smallest absolute Gasteiger partial charge is 0.155 e. The van der Waals surface area contributed by atoms with Gasteiger partial charge in [-0.15, -0.1) is 0 Å². The molecular weight excluding hydrogens is 278 g/mol. The van der Waals surface area contributed by atoms with Crippen LogP contribution in [0.3, 0.4) is 0 Å². The fourth-order valence-corrected chi connectivity index (χ4v) is 2.85. The minimum Gasteiger partial charge on any atom is -0.467 e. The first kappa shape index (κ1) is 14.7. The van der Waals surface area contributed by atoms with Gasteiger partial charge in [-0.05, 0) is 25.0 Å². The fourth-order valence-electron chi connectivity index (χ4n) is 2.85. The molecule has 0 amide bonds. The van der Waals surface area contributed by atoms with E-state index >= 15 is 0 Å². The molecule has 2 aromatic heterocycles. The van der Waals surface area contributed by atoms with Crippen molar-refractivity contribution in [3.05, 3.63) is 30.5 Å². The van der Waals surface area contributed by atoms with Gasteiger partial charge in [0.2, 0.25) is 0 Å². The number of hydrogen-bond donors (Lipinski definition) is 3. The van der Waals surface area contributed by atoms with Gasteiger partial charge in [0, 0.05) is 6.04 Å². The Morgan fingerprint density at radius 1 is 1.14 bits per heavy atom. The van der Waals surface area contributed by atoms with E-state index in [2.05, 4.69) is 20.6 Å². The van der Waals surface area contributed by atoms with Crippen molar-refractivity contribution in [2.75, 3.05) is 16.4 Å². The monoisotopic (exact) mass is 301 g/mol. The third-order valence-electron chi connectivity index (χ3n) is 4.09. The largest absolute Gasteiger partial charge is 0.467 e. The van der Waals surface area contributed by atoms with E-state index in [1.54, 1.807) is 12.6 Å². The molecule has 1 fully saturated rings. The lowest BCUT2D eigenvalue weighted by atomic mass is 10.1. The molecule has 0 spiro atoms. The van der Waals surface area contributed by atoms with Crippen molar-refractivity contribution in [1.82, 2.24) is 9.97 Å². The van der Waals surface area contributed by atoms with E-state index in [0.29, 0.717) is 24.1 Å². The Balaban J connectivity index is 1.65. The van der Waals surface area contributed by atoms with Gasteiger partial charge in [-0.1, -0.05) is 25.7 Å². The molecule has 2 aromatic rings. The van der Waals surface area contributed by atoms with Crippen molar-refractivity contribution in [1.29, 1.82) is 0 Å². The van der Waals surface area contributed by atoms with Crippen molar-refractivity contribution in [2.45, 2.75) is 51.1 Å². The number of nitrogens with zero attached hydrogens (tertiary/aromatic N) is 2. The highest BCUT2D eigenvalue weighted by Crippen LogP contribution is 2.26. The predicted octanol–water partition coefficient (Wildman–Crippen LogP) is 3.40. The maximum atomic E-state index is 6.20. The lowest BCUT2D eigenvalue weighted by Gasteiger charge is -2.19. The highest BCUT2D eigenvalue weighted by Gasteiger charge is 2.15. The van der Waals surface area contributed by atoms with Crippen LogP contribution in [0.5, 0.6) is 0 Å². The molecule has 2 heterocycles. The maximum absolute atomic E-state index is 6.20. The van der Waals surface area contributed by atoms with Crippen LogP contribution in [0.25, 0.3) is 0 Å². The first-order chi connectivity index (χ1) is 10.8. The van der Waals surface area contributed by atoms with E-state index in [1.165, 1.54) is 38.5 Å². The molecule has 0 bridgehead atoms. The topological polar surface area (TPSA) is 89.0 Å². The minimum atomic E-state index is 0.456. The molecule has 1 aliphatic carbocycles. The summed E-state index contributed by atoms with van der Waals surface area (Å²) in [6.07, 6.45) is 10.7. The second kappa shape index (κ2) is 7.15. The minimum absolute atomic E-state index is 0.456. The van der Waals surface area contributed by atoms with Crippen molar-refractivity contribution < 1.29 is 4.42 Å². The molecule has 6 nitrogen and oxygen atoms in total. The van der Waals surface area contributed by atoms with Crippen molar-refractivity contribution in [3.8, 4) is 0 Å². The number of nitrogen functional groups attached to an aromatic ring is 1. The number of rotatable bonds is 5. The second-order valence-corrected chi connectivity index (χ2v) is 5.75. The quantitative estimate of drug-likeness (QED) is 0.733. The summed E-state index contributed by atoms with van der Waals surface area (Å²) < 4.78 is 5.30. The van der Waals surface area contributed by atoms with Gasteiger partial charge in [-0.25, -0.2) is 9.97 Å². The first-order valence-electron chi connectivity index (χ1n) is 7.96. The van der Waals surface area contributed by atoms with Crippen LogP contribution in [0.2, 0.25) is 0 Å². The van der Waals surface area contributed by atoms with Crippen LogP contribution in [-0.4, -0.2) is 16.0 Å². The van der Waals surface area contributed by atoms with E-state index in [1.807, 2.05) is 12.1 Å². The lowest BCUT2D eigenvalue weighted by molar-refractivity contribution is 0.518. The van der Waals surface area contributed by atoms with Gasteiger partial charge in [0.05, 0.1) is 12.8 Å². The van der Waals surface area contributed by atoms with Crippen LogP contribution in [0.4, 0.5) is 17.3 Å². The molecule has 0 radical (unpaired) electrons.